The van der Waals surface area contributed by atoms with E-state index in [4.69, 9.17) is 0 Å². The Hall–Kier alpha value is -1.58. The maximum Gasteiger partial charge on any atom is 0.00190 e. The number of halogens is 2. The van der Waals surface area contributed by atoms with Gasteiger partial charge in [0.2, 0.25) is 0 Å². The monoisotopic (exact) mass is 498 g/mol. The van der Waals surface area contributed by atoms with E-state index in [1.54, 1.807) is 5.57 Å². The van der Waals surface area contributed by atoms with Gasteiger partial charge in [0, 0.05) is 19.6 Å². The molecule has 0 saturated carbocycles. The molecule has 2 saturated heterocycles. The number of rotatable bonds is 5. The molecule has 0 spiro atoms. The van der Waals surface area contributed by atoms with E-state index in [0.717, 1.165) is 5.92 Å². The number of piperidine rings is 2. The van der Waals surface area contributed by atoms with Crippen LogP contribution in [0.3, 0.4) is 0 Å². The summed E-state index contributed by atoms with van der Waals surface area (Å²) in [6, 6.07) is 17.9. The number of fused-ring (bicyclic) bond motifs is 2. The minimum atomic E-state index is 0. The predicted molar refractivity (Wildman–Crippen MR) is 152 cm³/mol. The molecule has 2 aromatic carbocycles. The van der Waals surface area contributed by atoms with Gasteiger partial charge in [-0.05, 0) is 92.4 Å². The molecule has 0 N–H and O–H groups in total. The fourth-order valence-electron chi connectivity index (χ4n) is 6.02. The number of benzene rings is 2. The summed E-state index contributed by atoms with van der Waals surface area (Å²) in [4.78, 5) is 5.23. The van der Waals surface area contributed by atoms with Gasteiger partial charge in [-0.2, -0.15) is 0 Å². The fourth-order valence-corrected chi connectivity index (χ4v) is 6.02. The van der Waals surface area contributed by atoms with Gasteiger partial charge in [0.25, 0.3) is 0 Å². The van der Waals surface area contributed by atoms with Crippen LogP contribution in [0.4, 0.5) is 0 Å². The first-order valence-corrected chi connectivity index (χ1v) is 12.8. The van der Waals surface area contributed by atoms with Crippen molar-refractivity contribution in [2.75, 3.05) is 39.8 Å². The Balaban J connectivity index is 0.00000162. The lowest BCUT2D eigenvalue weighted by molar-refractivity contribution is 0.194. The van der Waals surface area contributed by atoms with Crippen molar-refractivity contribution in [1.29, 1.82) is 0 Å². The SMILES string of the molecule is CN1CCCC(CCCCN2CCC(=C3c4ccccc4C=Cc4ccccc43)CC2)C1.Cl.Cl. The van der Waals surface area contributed by atoms with Gasteiger partial charge in [0.15, 0.2) is 0 Å². The van der Waals surface area contributed by atoms with Crippen LogP contribution in [0, 0.1) is 5.92 Å². The normalized spacial score (nSPS) is 20.6. The second-order valence-corrected chi connectivity index (χ2v) is 10.1. The summed E-state index contributed by atoms with van der Waals surface area (Å²) in [5.74, 6) is 0.940. The van der Waals surface area contributed by atoms with Crippen molar-refractivity contribution in [2.24, 2.45) is 5.92 Å². The van der Waals surface area contributed by atoms with E-state index in [1.165, 1.54) is 105 Å². The molecule has 2 fully saturated rings. The highest BCUT2D eigenvalue weighted by Gasteiger charge is 2.22. The Morgan fingerprint density at radius 2 is 1.41 bits per heavy atom. The van der Waals surface area contributed by atoms with Crippen LogP contribution in [0.5, 0.6) is 0 Å². The number of nitrogens with zero attached hydrogens (tertiary/aromatic N) is 2. The van der Waals surface area contributed by atoms with E-state index < -0.39 is 0 Å². The van der Waals surface area contributed by atoms with Crippen LogP contribution < -0.4 is 0 Å². The first-order valence-electron chi connectivity index (χ1n) is 12.8. The summed E-state index contributed by atoms with van der Waals surface area (Å²) in [5, 5.41) is 0. The third kappa shape index (κ3) is 6.34. The lowest BCUT2D eigenvalue weighted by Crippen LogP contribution is -2.33. The van der Waals surface area contributed by atoms with Crippen LogP contribution in [0.2, 0.25) is 0 Å². The number of likely N-dealkylation sites (tertiary alicyclic amines) is 2. The molecular formula is C30H40Cl2N2. The first-order chi connectivity index (χ1) is 15.8. The van der Waals surface area contributed by atoms with Gasteiger partial charge in [-0.1, -0.05) is 72.7 Å². The van der Waals surface area contributed by atoms with E-state index in [0.29, 0.717) is 0 Å². The molecule has 0 aromatic heterocycles. The van der Waals surface area contributed by atoms with Crippen LogP contribution in [-0.2, 0) is 0 Å². The van der Waals surface area contributed by atoms with Gasteiger partial charge in [0.1, 0.15) is 0 Å². The number of hydrogen-bond donors (Lipinski definition) is 0. The van der Waals surface area contributed by atoms with Gasteiger partial charge < -0.3 is 9.80 Å². The summed E-state index contributed by atoms with van der Waals surface area (Å²) < 4.78 is 0. The van der Waals surface area contributed by atoms with Crippen molar-refractivity contribution >= 4 is 42.5 Å². The zero-order chi connectivity index (χ0) is 21.8. The largest absolute Gasteiger partial charge is 0.306 e. The molecule has 0 amide bonds. The average molecular weight is 500 g/mol. The molecule has 3 aliphatic rings. The molecule has 0 radical (unpaired) electrons. The fraction of sp³-hybridized carbons (Fsp3) is 0.467. The Bertz CT molecular complexity index is 935. The highest BCUT2D eigenvalue weighted by atomic mass is 35.5. The van der Waals surface area contributed by atoms with Crippen LogP contribution >= 0.6 is 24.8 Å². The summed E-state index contributed by atoms with van der Waals surface area (Å²) >= 11 is 0. The van der Waals surface area contributed by atoms with Gasteiger partial charge in [-0.15, -0.1) is 24.8 Å². The van der Waals surface area contributed by atoms with E-state index in [1.807, 2.05) is 0 Å². The number of unbranched alkanes of at least 4 members (excludes halogenated alkanes) is 1. The van der Waals surface area contributed by atoms with E-state index >= 15 is 0 Å². The third-order valence-corrected chi connectivity index (χ3v) is 7.77. The highest BCUT2D eigenvalue weighted by Crippen LogP contribution is 2.38. The average Bonchev–Trinajstić information content (AvgIpc) is 2.99. The van der Waals surface area contributed by atoms with Crippen molar-refractivity contribution in [2.45, 2.75) is 44.9 Å². The van der Waals surface area contributed by atoms with E-state index in [2.05, 4.69) is 77.5 Å². The standard InChI is InChI=1S/C30H38N2.2ClH/c1-31-19-8-10-24(23-31)9-6-7-20-32-21-17-27(18-22-32)30-28-13-4-2-11-25(28)15-16-26-12-3-5-14-29(26)30;;/h2-5,11-16,24H,6-10,17-23H2,1H3;2*1H. The van der Waals surface area contributed by atoms with Gasteiger partial charge >= 0.3 is 0 Å². The molecule has 34 heavy (non-hydrogen) atoms. The lowest BCUT2D eigenvalue weighted by atomic mass is 9.86. The van der Waals surface area contributed by atoms with Crippen LogP contribution in [0.15, 0.2) is 54.1 Å². The minimum Gasteiger partial charge on any atom is -0.306 e. The topological polar surface area (TPSA) is 6.48 Å². The summed E-state index contributed by atoms with van der Waals surface area (Å²) in [6.07, 6.45) is 14.0. The second-order valence-electron chi connectivity index (χ2n) is 10.1. The molecule has 2 nitrogen and oxygen atoms in total. The number of hydrogen-bond acceptors (Lipinski definition) is 2. The molecule has 1 aliphatic carbocycles. The Morgan fingerprint density at radius 1 is 0.794 bits per heavy atom. The van der Waals surface area contributed by atoms with Gasteiger partial charge in [-0.3, -0.25) is 0 Å². The molecule has 5 rings (SSSR count). The quantitative estimate of drug-likeness (QED) is 0.337. The highest BCUT2D eigenvalue weighted by molar-refractivity contribution is 5.94. The third-order valence-electron chi connectivity index (χ3n) is 7.77. The predicted octanol–water partition coefficient (Wildman–Crippen LogP) is 7.42. The Morgan fingerprint density at radius 3 is 2.03 bits per heavy atom. The second kappa shape index (κ2) is 12.9. The van der Waals surface area contributed by atoms with Crippen molar-refractivity contribution in [1.82, 2.24) is 9.80 Å². The maximum atomic E-state index is 2.71. The lowest BCUT2D eigenvalue weighted by Gasteiger charge is -2.31. The van der Waals surface area contributed by atoms with Crippen molar-refractivity contribution in [3.05, 3.63) is 76.4 Å². The van der Waals surface area contributed by atoms with Gasteiger partial charge in [0.05, 0.1) is 0 Å². The molecule has 0 bridgehead atoms. The van der Waals surface area contributed by atoms with Crippen molar-refractivity contribution < 1.29 is 0 Å². The summed E-state index contributed by atoms with van der Waals surface area (Å²) in [7, 11) is 2.28. The molecule has 184 valence electrons. The zero-order valence-corrected chi connectivity index (χ0v) is 22.2. The summed E-state index contributed by atoms with van der Waals surface area (Å²) in [5.41, 5.74) is 8.67. The first kappa shape index (κ1) is 27.0. The minimum absolute atomic E-state index is 0. The van der Waals surface area contributed by atoms with E-state index in [-0.39, 0.29) is 24.8 Å². The maximum absolute atomic E-state index is 2.71. The molecular weight excluding hydrogens is 459 g/mol. The Labute approximate surface area is 218 Å². The zero-order valence-electron chi connectivity index (χ0n) is 20.5. The molecule has 1 atom stereocenters. The van der Waals surface area contributed by atoms with Crippen molar-refractivity contribution in [3.8, 4) is 0 Å². The Kier molecular flexibility index (Phi) is 10.3. The molecule has 4 heteroatoms. The van der Waals surface area contributed by atoms with Crippen LogP contribution in [0.1, 0.15) is 67.2 Å². The smallest absolute Gasteiger partial charge is 0.00190 e. The van der Waals surface area contributed by atoms with E-state index in [9.17, 15) is 0 Å². The van der Waals surface area contributed by atoms with Gasteiger partial charge in [-0.25, -0.2) is 0 Å². The van der Waals surface area contributed by atoms with Crippen molar-refractivity contribution in [3.63, 3.8) is 0 Å². The summed E-state index contributed by atoms with van der Waals surface area (Å²) in [6.45, 7) is 6.32. The molecule has 2 aromatic rings. The molecule has 2 heterocycles. The van der Waals surface area contributed by atoms with Crippen LogP contribution in [-0.4, -0.2) is 49.6 Å². The molecule has 1 unspecified atom stereocenters. The molecule has 2 aliphatic heterocycles. The van der Waals surface area contributed by atoms with Crippen LogP contribution in [0.25, 0.3) is 17.7 Å².